The molecule has 0 aliphatic carbocycles. The Morgan fingerprint density at radius 2 is 2.13 bits per heavy atom. The number of pyridine rings is 1. The van der Waals surface area contributed by atoms with Gasteiger partial charge in [0, 0.05) is 18.8 Å². The van der Waals surface area contributed by atoms with Crippen LogP contribution in [0.5, 0.6) is 0 Å². The molecule has 2 heterocycles. The van der Waals surface area contributed by atoms with Crippen molar-refractivity contribution in [2.75, 3.05) is 7.05 Å². The number of rotatable bonds is 5. The van der Waals surface area contributed by atoms with E-state index in [9.17, 15) is 9.59 Å². The second-order valence-corrected chi connectivity index (χ2v) is 5.72. The van der Waals surface area contributed by atoms with E-state index < -0.39 is 5.97 Å². The van der Waals surface area contributed by atoms with Crippen LogP contribution in [0, 0.1) is 6.92 Å². The number of carbonyl (C=O) groups excluding carboxylic acids is 1. The summed E-state index contributed by atoms with van der Waals surface area (Å²) in [6.45, 7) is 3.54. The van der Waals surface area contributed by atoms with Gasteiger partial charge >= 0.3 is 5.97 Å². The summed E-state index contributed by atoms with van der Waals surface area (Å²) in [4.78, 5) is 29.3. The van der Waals surface area contributed by atoms with Crippen LogP contribution in [0.25, 0.3) is 0 Å². The average molecular weight is 337 g/mol. The van der Waals surface area contributed by atoms with Gasteiger partial charge in [-0.15, -0.1) is 0 Å². The summed E-state index contributed by atoms with van der Waals surface area (Å²) >= 11 is 5.82. The fourth-order valence-electron chi connectivity index (χ4n) is 2.24. The van der Waals surface area contributed by atoms with E-state index in [1.165, 1.54) is 17.4 Å². The van der Waals surface area contributed by atoms with E-state index in [0.29, 0.717) is 16.3 Å². The number of hydrogen-bond acceptors (Lipinski definition) is 4. The zero-order valence-corrected chi connectivity index (χ0v) is 13.8. The molecule has 0 aromatic carbocycles. The minimum absolute atomic E-state index is 0.156. The number of carboxylic acids is 1. The molecule has 1 atom stereocenters. The second kappa shape index (κ2) is 6.83. The average Bonchev–Trinajstić information content (AvgIpc) is 2.85. The number of nitrogens with zero attached hydrogens (tertiary/aromatic N) is 2. The SMILES string of the molecule is Cc1coc(CC(=O)O)c1C(=O)N(C)C(C)c1ccc(Cl)cn1. The largest absolute Gasteiger partial charge is 0.481 e. The van der Waals surface area contributed by atoms with E-state index in [2.05, 4.69) is 4.98 Å². The Bertz CT molecular complexity index is 724. The van der Waals surface area contributed by atoms with Crippen molar-refractivity contribution in [3.05, 3.63) is 52.2 Å². The molecule has 1 unspecified atom stereocenters. The van der Waals surface area contributed by atoms with Gasteiger partial charge in [-0.2, -0.15) is 0 Å². The van der Waals surface area contributed by atoms with Crippen LogP contribution in [-0.2, 0) is 11.2 Å². The Labute approximate surface area is 138 Å². The highest BCUT2D eigenvalue weighted by Gasteiger charge is 2.26. The van der Waals surface area contributed by atoms with Gasteiger partial charge < -0.3 is 14.4 Å². The molecule has 2 rings (SSSR count). The standard InChI is InChI=1S/C16H17ClN2O4/c1-9-8-23-13(6-14(20)21)15(9)16(22)19(3)10(2)12-5-4-11(17)7-18-12/h4-5,7-8,10H,6H2,1-3H3,(H,20,21). The van der Waals surface area contributed by atoms with Gasteiger partial charge in [-0.05, 0) is 26.0 Å². The van der Waals surface area contributed by atoms with Crippen molar-refractivity contribution in [3.63, 3.8) is 0 Å². The van der Waals surface area contributed by atoms with E-state index in [-0.39, 0.29) is 29.7 Å². The van der Waals surface area contributed by atoms with Crippen LogP contribution in [0.2, 0.25) is 5.02 Å². The molecule has 0 spiro atoms. The number of aryl methyl sites for hydroxylation is 1. The number of aliphatic carboxylic acids is 1. The predicted octanol–water partition coefficient (Wildman–Crippen LogP) is 3.10. The van der Waals surface area contributed by atoms with Gasteiger partial charge in [-0.1, -0.05) is 11.6 Å². The van der Waals surface area contributed by atoms with Crippen LogP contribution >= 0.6 is 11.6 Å². The first-order valence-electron chi connectivity index (χ1n) is 6.98. The zero-order valence-electron chi connectivity index (χ0n) is 13.0. The predicted molar refractivity (Wildman–Crippen MR) is 84.5 cm³/mol. The van der Waals surface area contributed by atoms with Gasteiger partial charge in [-0.25, -0.2) is 0 Å². The lowest BCUT2D eigenvalue weighted by Crippen LogP contribution is -2.31. The number of aromatic nitrogens is 1. The Morgan fingerprint density at radius 3 is 2.70 bits per heavy atom. The van der Waals surface area contributed by atoms with Crippen molar-refractivity contribution >= 4 is 23.5 Å². The van der Waals surface area contributed by atoms with Crippen molar-refractivity contribution in [2.24, 2.45) is 0 Å². The quantitative estimate of drug-likeness (QED) is 0.907. The highest BCUT2D eigenvalue weighted by molar-refractivity contribution is 6.30. The summed E-state index contributed by atoms with van der Waals surface area (Å²) in [5.41, 5.74) is 1.58. The minimum atomic E-state index is -1.05. The third-order valence-electron chi connectivity index (χ3n) is 3.66. The summed E-state index contributed by atoms with van der Waals surface area (Å²) in [6.07, 6.45) is 2.57. The van der Waals surface area contributed by atoms with Crippen LogP contribution in [-0.4, -0.2) is 33.9 Å². The molecule has 0 aliphatic heterocycles. The third kappa shape index (κ3) is 3.71. The lowest BCUT2D eigenvalue weighted by atomic mass is 10.1. The van der Waals surface area contributed by atoms with E-state index >= 15 is 0 Å². The molecular formula is C16H17ClN2O4. The number of hydrogen-bond donors (Lipinski definition) is 1. The van der Waals surface area contributed by atoms with Crippen molar-refractivity contribution < 1.29 is 19.1 Å². The maximum absolute atomic E-state index is 12.7. The summed E-state index contributed by atoms with van der Waals surface area (Å²) in [6, 6.07) is 3.15. The zero-order chi connectivity index (χ0) is 17.1. The van der Waals surface area contributed by atoms with Crippen LogP contribution in [0.15, 0.2) is 29.0 Å². The van der Waals surface area contributed by atoms with Crippen molar-refractivity contribution in [3.8, 4) is 0 Å². The molecule has 2 aromatic heterocycles. The molecule has 1 amide bonds. The molecule has 1 N–H and O–H groups in total. The van der Waals surface area contributed by atoms with Crippen LogP contribution in [0.3, 0.4) is 0 Å². The molecule has 23 heavy (non-hydrogen) atoms. The van der Waals surface area contributed by atoms with Gasteiger partial charge in [0.25, 0.3) is 5.91 Å². The van der Waals surface area contributed by atoms with Crippen molar-refractivity contribution in [1.29, 1.82) is 0 Å². The highest BCUT2D eigenvalue weighted by Crippen LogP contribution is 2.24. The van der Waals surface area contributed by atoms with Crippen molar-refractivity contribution in [2.45, 2.75) is 26.3 Å². The normalized spacial score (nSPS) is 12.0. The Balaban J connectivity index is 2.27. The molecule has 0 radical (unpaired) electrons. The lowest BCUT2D eigenvalue weighted by molar-refractivity contribution is -0.136. The van der Waals surface area contributed by atoms with E-state index in [1.807, 2.05) is 6.92 Å². The molecule has 0 saturated heterocycles. The van der Waals surface area contributed by atoms with Crippen LogP contribution in [0.4, 0.5) is 0 Å². The smallest absolute Gasteiger partial charge is 0.311 e. The maximum atomic E-state index is 12.7. The molecule has 6 nitrogen and oxygen atoms in total. The van der Waals surface area contributed by atoms with Crippen LogP contribution in [0.1, 0.15) is 40.3 Å². The molecule has 122 valence electrons. The third-order valence-corrected chi connectivity index (χ3v) is 3.88. The molecule has 0 bridgehead atoms. The van der Waals surface area contributed by atoms with Crippen molar-refractivity contribution in [1.82, 2.24) is 9.88 Å². The summed E-state index contributed by atoms with van der Waals surface area (Å²) in [7, 11) is 1.64. The number of amides is 1. The minimum Gasteiger partial charge on any atom is -0.481 e. The van der Waals surface area contributed by atoms with Crippen LogP contribution < -0.4 is 0 Å². The Hall–Kier alpha value is -2.34. The van der Waals surface area contributed by atoms with E-state index in [1.54, 1.807) is 26.1 Å². The van der Waals surface area contributed by atoms with Gasteiger partial charge in [0.15, 0.2) is 0 Å². The molecule has 0 fully saturated rings. The first-order valence-corrected chi connectivity index (χ1v) is 7.36. The molecule has 0 saturated carbocycles. The molecule has 2 aromatic rings. The summed E-state index contributed by atoms with van der Waals surface area (Å²) in [5.74, 6) is -1.21. The van der Waals surface area contributed by atoms with E-state index in [4.69, 9.17) is 21.1 Å². The van der Waals surface area contributed by atoms with Gasteiger partial charge in [-0.3, -0.25) is 14.6 Å². The number of furan rings is 1. The topological polar surface area (TPSA) is 83.6 Å². The number of halogens is 1. The summed E-state index contributed by atoms with van der Waals surface area (Å²) < 4.78 is 5.22. The maximum Gasteiger partial charge on any atom is 0.311 e. The van der Waals surface area contributed by atoms with E-state index in [0.717, 1.165) is 0 Å². The van der Waals surface area contributed by atoms with Gasteiger partial charge in [0.1, 0.15) is 12.2 Å². The number of carbonyl (C=O) groups is 2. The lowest BCUT2D eigenvalue weighted by Gasteiger charge is -2.24. The Morgan fingerprint density at radius 1 is 1.43 bits per heavy atom. The highest BCUT2D eigenvalue weighted by atomic mass is 35.5. The van der Waals surface area contributed by atoms with Gasteiger partial charge in [0.05, 0.1) is 28.6 Å². The molecule has 7 heteroatoms. The van der Waals surface area contributed by atoms with Gasteiger partial charge in [0.2, 0.25) is 0 Å². The first kappa shape index (κ1) is 17.0. The molecular weight excluding hydrogens is 320 g/mol. The molecule has 0 aliphatic rings. The number of carboxylic acid groups (broad SMARTS) is 1. The first-order chi connectivity index (χ1) is 10.8. The Kier molecular flexibility index (Phi) is 5.05. The fraction of sp³-hybridized carbons (Fsp3) is 0.312. The summed E-state index contributed by atoms with van der Waals surface area (Å²) in [5, 5.41) is 9.44. The fourth-order valence-corrected chi connectivity index (χ4v) is 2.35. The second-order valence-electron chi connectivity index (χ2n) is 5.28. The monoisotopic (exact) mass is 336 g/mol.